The minimum atomic E-state index is 0.0810. The van der Waals surface area contributed by atoms with Gasteiger partial charge in [0.25, 0.3) is 0 Å². The highest BCUT2D eigenvalue weighted by Gasteiger charge is 2.31. The average Bonchev–Trinajstić information content (AvgIpc) is 3.65. The number of aromatic amines is 1. The first kappa shape index (κ1) is 23.5. The van der Waals surface area contributed by atoms with Crippen LogP contribution in [-0.4, -0.2) is 76.1 Å². The Morgan fingerprint density at radius 1 is 1.14 bits per heavy atom. The topological polar surface area (TPSA) is 99.3 Å². The SMILES string of the molecule is COc1cccc2c1CC(N1CCC(NC(C)=O)C1)CC2.c1nc(N2CCCC2)c2[nH]cnc2n1. The van der Waals surface area contributed by atoms with Gasteiger partial charge in [0.05, 0.1) is 13.4 Å². The van der Waals surface area contributed by atoms with Crippen LogP contribution in [0, 0.1) is 0 Å². The molecule has 35 heavy (non-hydrogen) atoms. The molecule has 2 unspecified atom stereocenters. The van der Waals surface area contributed by atoms with Gasteiger partial charge >= 0.3 is 0 Å². The van der Waals surface area contributed by atoms with Crippen molar-refractivity contribution in [3.63, 3.8) is 0 Å². The molecule has 2 aliphatic heterocycles. The van der Waals surface area contributed by atoms with E-state index in [0.717, 1.165) is 68.2 Å². The number of aryl methyl sites for hydroxylation is 1. The lowest BCUT2D eigenvalue weighted by molar-refractivity contribution is -0.119. The van der Waals surface area contributed by atoms with Crippen molar-refractivity contribution in [2.75, 3.05) is 38.2 Å². The predicted molar refractivity (Wildman–Crippen MR) is 136 cm³/mol. The van der Waals surface area contributed by atoms with Crippen molar-refractivity contribution in [3.05, 3.63) is 42.0 Å². The summed E-state index contributed by atoms with van der Waals surface area (Å²) < 4.78 is 5.52. The zero-order valence-electron chi connectivity index (χ0n) is 20.7. The maximum Gasteiger partial charge on any atom is 0.217 e. The van der Waals surface area contributed by atoms with Crippen LogP contribution in [0.5, 0.6) is 5.75 Å². The molecular formula is C26H35N7O2. The largest absolute Gasteiger partial charge is 0.496 e. The normalized spacial score (nSPS) is 21.9. The number of likely N-dealkylation sites (tertiary alicyclic amines) is 1. The van der Waals surface area contributed by atoms with E-state index in [1.54, 1.807) is 26.7 Å². The Balaban J connectivity index is 0.000000156. The second kappa shape index (κ2) is 10.6. The number of carbonyl (C=O) groups is 1. The van der Waals surface area contributed by atoms with Crippen LogP contribution in [0.3, 0.4) is 0 Å². The molecular weight excluding hydrogens is 442 g/mol. The summed E-state index contributed by atoms with van der Waals surface area (Å²) in [4.78, 5) is 31.6. The molecule has 9 heteroatoms. The molecule has 2 aromatic heterocycles. The molecule has 2 atom stereocenters. The van der Waals surface area contributed by atoms with Crippen LogP contribution in [0.2, 0.25) is 0 Å². The van der Waals surface area contributed by atoms with E-state index in [9.17, 15) is 4.79 Å². The standard InChI is InChI=1S/C17H24N2O2.C9H11N5/c1-12(20)18-14-8-9-19(11-14)15-7-6-13-4-3-5-17(21-2)16(13)10-15;1-2-4-14(3-1)9-7-8(11-5-10-7)12-6-13-9/h3-5,14-15H,6-11H2,1-2H3,(H,18,20);5-6H,1-4H2,(H,10,11,12,13). The average molecular weight is 478 g/mol. The van der Waals surface area contributed by atoms with Gasteiger partial charge in [-0.1, -0.05) is 12.1 Å². The van der Waals surface area contributed by atoms with Crippen molar-refractivity contribution >= 4 is 22.9 Å². The number of rotatable bonds is 4. The van der Waals surface area contributed by atoms with Crippen molar-refractivity contribution in [1.82, 2.24) is 30.2 Å². The Labute approximate surface area is 206 Å². The molecule has 4 heterocycles. The van der Waals surface area contributed by atoms with Crippen molar-refractivity contribution < 1.29 is 9.53 Å². The molecule has 6 rings (SSSR count). The summed E-state index contributed by atoms with van der Waals surface area (Å²) in [5, 5.41) is 3.05. The number of hydrogen-bond donors (Lipinski definition) is 2. The van der Waals surface area contributed by atoms with Crippen LogP contribution in [0.4, 0.5) is 5.82 Å². The summed E-state index contributed by atoms with van der Waals surface area (Å²) in [5.41, 5.74) is 4.51. The summed E-state index contributed by atoms with van der Waals surface area (Å²) in [6.07, 6.45) is 10.2. The van der Waals surface area contributed by atoms with Crippen molar-refractivity contribution in [2.45, 2.75) is 57.5 Å². The van der Waals surface area contributed by atoms with Gasteiger partial charge in [0.1, 0.15) is 17.6 Å². The van der Waals surface area contributed by atoms with Gasteiger partial charge in [-0.25, -0.2) is 15.0 Å². The third-order valence-electron chi connectivity index (χ3n) is 7.39. The van der Waals surface area contributed by atoms with Crippen LogP contribution in [0.1, 0.15) is 43.7 Å². The lowest BCUT2D eigenvalue weighted by atomic mass is 9.87. The maximum atomic E-state index is 11.2. The zero-order chi connectivity index (χ0) is 24.2. The molecule has 186 valence electrons. The fraction of sp³-hybridized carbons (Fsp3) is 0.538. The first-order valence-electron chi connectivity index (χ1n) is 12.7. The van der Waals surface area contributed by atoms with Gasteiger partial charge in [-0.05, 0) is 55.7 Å². The second-order valence-electron chi connectivity index (χ2n) is 9.67. The Morgan fingerprint density at radius 3 is 2.80 bits per heavy atom. The monoisotopic (exact) mass is 477 g/mol. The van der Waals surface area contributed by atoms with E-state index in [0.29, 0.717) is 12.1 Å². The molecule has 0 spiro atoms. The third kappa shape index (κ3) is 5.24. The fourth-order valence-electron chi connectivity index (χ4n) is 5.68. The lowest BCUT2D eigenvalue weighted by Gasteiger charge is -2.33. The summed E-state index contributed by atoms with van der Waals surface area (Å²) in [5.74, 6) is 2.09. The van der Waals surface area contributed by atoms with Crippen LogP contribution in [0.15, 0.2) is 30.9 Å². The maximum absolute atomic E-state index is 11.2. The molecule has 1 amide bonds. The molecule has 0 radical (unpaired) electrons. The molecule has 0 bridgehead atoms. The molecule has 9 nitrogen and oxygen atoms in total. The smallest absolute Gasteiger partial charge is 0.217 e. The quantitative estimate of drug-likeness (QED) is 0.596. The van der Waals surface area contributed by atoms with Crippen LogP contribution >= 0.6 is 0 Å². The van der Waals surface area contributed by atoms with E-state index in [1.165, 1.54) is 30.4 Å². The minimum Gasteiger partial charge on any atom is -0.496 e. The predicted octanol–water partition coefficient (Wildman–Crippen LogP) is 2.72. The first-order chi connectivity index (χ1) is 17.1. The molecule has 0 saturated carbocycles. The zero-order valence-corrected chi connectivity index (χ0v) is 20.7. The van der Waals surface area contributed by atoms with E-state index in [2.05, 4.69) is 53.3 Å². The number of benzene rings is 1. The molecule has 1 aliphatic carbocycles. The number of aromatic nitrogens is 4. The number of nitrogens with zero attached hydrogens (tertiary/aromatic N) is 5. The van der Waals surface area contributed by atoms with E-state index < -0.39 is 0 Å². The molecule has 2 fully saturated rings. The number of fused-ring (bicyclic) bond motifs is 2. The number of hydrogen-bond acceptors (Lipinski definition) is 7. The van der Waals surface area contributed by atoms with Gasteiger partial charge in [-0.15, -0.1) is 0 Å². The Kier molecular flexibility index (Phi) is 7.13. The second-order valence-corrected chi connectivity index (χ2v) is 9.67. The van der Waals surface area contributed by atoms with E-state index in [1.807, 2.05) is 0 Å². The number of H-pyrrole nitrogens is 1. The first-order valence-corrected chi connectivity index (χ1v) is 12.7. The number of imidazole rings is 1. The Hall–Kier alpha value is -3.20. The lowest BCUT2D eigenvalue weighted by Crippen LogP contribution is -2.41. The molecule has 3 aromatic rings. The fourth-order valence-corrected chi connectivity index (χ4v) is 5.68. The highest BCUT2D eigenvalue weighted by molar-refractivity contribution is 5.82. The van der Waals surface area contributed by atoms with Gasteiger partial charge in [0, 0.05) is 45.2 Å². The molecule has 1 aromatic carbocycles. The van der Waals surface area contributed by atoms with Crippen molar-refractivity contribution in [2.24, 2.45) is 0 Å². The summed E-state index contributed by atoms with van der Waals surface area (Å²) in [7, 11) is 1.75. The Morgan fingerprint density at radius 2 is 2.00 bits per heavy atom. The van der Waals surface area contributed by atoms with E-state index in [4.69, 9.17) is 4.74 Å². The van der Waals surface area contributed by atoms with Gasteiger partial charge in [0.15, 0.2) is 11.5 Å². The van der Waals surface area contributed by atoms with Crippen LogP contribution in [0.25, 0.3) is 11.2 Å². The molecule has 3 aliphatic rings. The van der Waals surface area contributed by atoms with Crippen molar-refractivity contribution in [3.8, 4) is 5.75 Å². The number of amides is 1. The number of ether oxygens (including phenoxy) is 1. The molecule has 2 saturated heterocycles. The van der Waals surface area contributed by atoms with E-state index in [-0.39, 0.29) is 5.91 Å². The van der Waals surface area contributed by atoms with Crippen LogP contribution < -0.4 is 15.0 Å². The summed E-state index contributed by atoms with van der Waals surface area (Å²) >= 11 is 0. The summed E-state index contributed by atoms with van der Waals surface area (Å²) in [6, 6.07) is 7.26. The number of carbonyl (C=O) groups excluding carboxylic acids is 1. The Bertz CT molecular complexity index is 1140. The van der Waals surface area contributed by atoms with Gasteiger partial charge in [-0.2, -0.15) is 0 Å². The number of methoxy groups -OCH3 is 1. The highest BCUT2D eigenvalue weighted by atomic mass is 16.5. The van der Waals surface area contributed by atoms with Gasteiger partial charge in [0.2, 0.25) is 5.91 Å². The third-order valence-corrected chi connectivity index (χ3v) is 7.39. The molecule has 2 N–H and O–H groups in total. The van der Waals surface area contributed by atoms with Crippen molar-refractivity contribution in [1.29, 1.82) is 0 Å². The van der Waals surface area contributed by atoms with Gasteiger partial charge < -0.3 is 19.9 Å². The minimum absolute atomic E-state index is 0.0810. The van der Waals surface area contributed by atoms with E-state index >= 15 is 0 Å². The summed E-state index contributed by atoms with van der Waals surface area (Å²) in [6.45, 7) is 5.84. The van der Waals surface area contributed by atoms with Gasteiger partial charge in [-0.3, -0.25) is 9.69 Å². The number of anilines is 1. The number of nitrogens with one attached hydrogen (secondary N) is 2. The van der Waals surface area contributed by atoms with Crippen LogP contribution in [-0.2, 0) is 17.6 Å². The highest BCUT2D eigenvalue weighted by Crippen LogP contribution is 2.32.